The van der Waals surface area contributed by atoms with E-state index < -0.39 is 6.61 Å². The summed E-state index contributed by atoms with van der Waals surface area (Å²) in [6.07, 6.45) is 1.67. The Morgan fingerprint density at radius 3 is 2.56 bits per heavy atom. The van der Waals surface area contributed by atoms with Crippen molar-refractivity contribution in [3.63, 3.8) is 0 Å². The molecule has 1 saturated heterocycles. The molecule has 1 aliphatic heterocycles. The van der Waals surface area contributed by atoms with Gasteiger partial charge in [-0.1, -0.05) is 30.3 Å². The van der Waals surface area contributed by atoms with Crippen LogP contribution in [0, 0.1) is 0 Å². The van der Waals surface area contributed by atoms with Crippen LogP contribution in [0.2, 0.25) is 0 Å². The number of alkyl halides is 2. The van der Waals surface area contributed by atoms with Gasteiger partial charge >= 0.3 is 12.3 Å². The fourth-order valence-electron chi connectivity index (χ4n) is 3.86. The molecule has 0 saturated carbocycles. The lowest BCUT2D eigenvalue weighted by atomic mass is 10.0. The van der Waals surface area contributed by atoms with Gasteiger partial charge in [0.05, 0.1) is 11.0 Å². The quantitative estimate of drug-likeness (QED) is 0.741. The van der Waals surface area contributed by atoms with Crippen LogP contribution in [0.5, 0.6) is 5.75 Å². The molecule has 142 valence electrons. The van der Waals surface area contributed by atoms with Gasteiger partial charge < -0.3 is 9.72 Å². The van der Waals surface area contributed by atoms with Gasteiger partial charge in [0.2, 0.25) is 0 Å². The maximum atomic E-state index is 12.6. The average Bonchev–Trinajstić information content (AvgIpc) is 2.99. The number of likely N-dealkylation sites (tertiary alicyclic amines) is 1. The molecule has 5 nitrogen and oxygen atoms in total. The molecule has 0 atom stereocenters. The van der Waals surface area contributed by atoms with E-state index in [1.54, 1.807) is 12.1 Å². The molecular formula is C20H21F2N3O2. The van der Waals surface area contributed by atoms with Gasteiger partial charge in [0.1, 0.15) is 5.75 Å². The first-order chi connectivity index (χ1) is 13.1. The minimum absolute atomic E-state index is 0.0784. The van der Waals surface area contributed by atoms with Gasteiger partial charge in [0, 0.05) is 31.2 Å². The van der Waals surface area contributed by atoms with Gasteiger partial charge in [-0.25, -0.2) is 4.79 Å². The van der Waals surface area contributed by atoms with E-state index in [4.69, 9.17) is 0 Å². The Morgan fingerprint density at radius 1 is 1.07 bits per heavy atom. The number of hydrogen-bond acceptors (Lipinski definition) is 3. The second-order valence-electron chi connectivity index (χ2n) is 6.81. The Hall–Kier alpha value is -2.67. The number of ether oxygens (including phenoxy) is 1. The summed E-state index contributed by atoms with van der Waals surface area (Å²) >= 11 is 0. The van der Waals surface area contributed by atoms with E-state index in [1.807, 2.05) is 41.0 Å². The number of aromatic amines is 1. The summed E-state index contributed by atoms with van der Waals surface area (Å²) in [5, 5.41) is 0. The first-order valence-electron chi connectivity index (χ1n) is 9.06. The fourth-order valence-corrected chi connectivity index (χ4v) is 3.86. The standard InChI is InChI=1S/C20H21F2N3O2/c21-19(22)27-18-8-4-1-5-14(18)13-24-11-9-15(10-12-24)25-17-7-3-2-6-16(17)23-20(25)26/h1-8,15,19H,9-13H2,(H,23,26). The van der Waals surface area contributed by atoms with Gasteiger partial charge in [-0.3, -0.25) is 9.47 Å². The third-order valence-electron chi connectivity index (χ3n) is 5.13. The number of benzene rings is 2. The van der Waals surface area contributed by atoms with E-state index >= 15 is 0 Å². The zero-order valence-corrected chi connectivity index (χ0v) is 14.8. The number of imidazole rings is 1. The zero-order valence-electron chi connectivity index (χ0n) is 14.8. The predicted octanol–water partition coefficient (Wildman–Crippen LogP) is 3.77. The lowest BCUT2D eigenvalue weighted by molar-refractivity contribution is -0.0508. The third-order valence-corrected chi connectivity index (χ3v) is 5.13. The molecule has 0 aliphatic carbocycles. The molecule has 4 rings (SSSR count). The van der Waals surface area contributed by atoms with Crippen LogP contribution in [0.15, 0.2) is 53.3 Å². The normalized spacial score (nSPS) is 16.3. The Bertz CT molecular complexity index is 975. The number of para-hydroxylation sites is 3. The number of rotatable bonds is 5. The molecule has 1 N–H and O–H groups in total. The SMILES string of the molecule is O=c1[nH]c2ccccc2n1C1CCN(Cc2ccccc2OC(F)F)CC1. The molecule has 0 bridgehead atoms. The van der Waals surface area contributed by atoms with Crippen LogP contribution in [-0.2, 0) is 6.54 Å². The maximum absolute atomic E-state index is 12.6. The number of halogens is 2. The molecule has 1 aliphatic rings. The molecule has 2 aromatic carbocycles. The summed E-state index contributed by atoms with van der Waals surface area (Å²) in [6, 6.07) is 14.7. The minimum Gasteiger partial charge on any atom is -0.434 e. The summed E-state index contributed by atoms with van der Waals surface area (Å²) in [6.45, 7) is -0.692. The summed E-state index contributed by atoms with van der Waals surface area (Å²) in [4.78, 5) is 17.5. The van der Waals surface area contributed by atoms with E-state index in [-0.39, 0.29) is 17.5 Å². The molecule has 3 aromatic rings. The van der Waals surface area contributed by atoms with Crippen LogP contribution < -0.4 is 10.4 Å². The van der Waals surface area contributed by atoms with Crippen LogP contribution in [0.25, 0.3) is 11.0 Å². The second-order valence-corrected chi connectivity index (χ2v) is 6.81. The lowest BCUT2D eigenvalue weighted by Crippen LogP contribution is -2.36. The number of nitrogens with one attached hydrogen (secondary N) is 1. The highest BCUT2D eigenvalue weighted by Crippen LogP contribution is 2.28. The molecule has 7 heteroatoms. The Balaban J connectivity index is 1.45. The molecule has 1 fully saturated rings. The van der Waals surface area contributed by atoms with Crippen molar-refractivity contribution in [3.8, 4) is 5.75 Å². The first kappa shape index (κ1) is 17.7. The average molecular weight is 373 g/mol. The van der Waals surface area contributed by atoms with E-state index in [1.165, 1.54) is 0 Å². The third kappa shape index (κ3) is 3.73. The van der Waals surface area contributed by atoms with Crippen LogP contribution in [0.3, 0.4) is 0 Å². The molecular weight excluding hydrogens is 352 g/mol. The molecule has 0 amide bonds. The largest absolute Gasteiger partial charge is 0.434 e. The summed E-state index contributed by atoms with van der Waals surface area (Å²) in [7, 11) is 0. The van der Waals surface area contributed by atoms with Gasteiger partial charge in [-0.15, -0.1) is 0 Å². The van der Waals surface area contributed by atoms with Crippen LogP contribution in [0.4, 0.5) is 8.78 Å². The van der Waals surface area contributed by atoms with Crippen LogP contribution in [-0.4, -0.2) is 34.2 Å². The van der Waals surface area contributed by atoms with Crippen LogP contribution >= 0.6 is 0 Å². The van der Waals surface area contributed by atoms with Gasteiger partial charge in [-0.05, 0) is 31.0 Å². The predicted molar refractivity (Wildman–Crippen MR) is 99.2 cm³/mol. The number of aromatic nitrogens is 2. The highest BCUT2D eigenvalue weighted by atomic mass is 19.3. The summed E-state index contributed by atoms with van der Waals surface area (Å²) in [5.41, 5.74) is 2.45. The molecule has 27 heavy (non-hydrogen) atoms. The first-order valence-corrected chi connectivity index (χ1v) is 9.06. The van der Waals surface area contributed by atoms with E-state index in [9.17, 15) is 13.6 Å². The number of H-pyrrole nitrogens is 1. The second kappa shape index (κ2) is 7.52. The molecule has 0 spiro atoms. The van der Waals surface area contributed by atoms with E-state index in [2.05, 4.69) is 14.6 Å². The number of hydrogen-bond donors (Lipinski definition) is 1. The topological polar surface area (TPSA) is 50.3 Å². The van der Waals surface area contributed by atoms with E-state index in [0.29, 0.717) is 6.54 Å². The number of piperidine rings is 1. The van der Waals surface area contributed by atoms with Gasteiger partial charge in [0.15, 0.2) is 0 Å². The van der Waals surface area contributed by atoms with Crippen molar-refractivity contribution >= 4 is 11.0 Å². The van der Waals surface area contributed by atoms with Crippen LogP contribution in [0.1, 0.15) is 24.4 Å². The number of nitrogens with zero attached hydrogens (tertiary/aromatic N) is 2. The monoisotopic (exact) mass is 373 g/mol. The van der Waals surface area contributed by atoms with Crippen molar-refractivity contribution in [2.45, 2.75) is 32.0 Å². The zero-order chi connectivity index (χ0) is 18.8. The van der Waals surface area contributed by atoms with Gasteiger partial charge in [0.25, 0.3) is 0 Å². The lowest BCUT2D eigenvalue weighted by Gasteiger charge is -2.32. The van der Waals surface area contributed by atoms with Crippen molar-refractivity contribution in [2.75, 3.05) is 13.1 Å². The molecule has 1 aromatic heterocycles. The summed E-state index contributed by atoms with van der Waals surface area (Å²) < 4.78 is 31.6. The van der Waals surface area contributed by atoms with Crippen molar-refractivity contribution in [1.29, 1.82) is 0 Å². The fraction of sp³-hybridized carbons (Fsp3) is 0.350. The molecule has 0 unspecified atom stereocenters. The smallest absolute Gasteiger partial charge is 0.387 e. The van der Waals surface area contributed by atoms with E-state index in [0.717, 1.165) is 42.5 Å². The maximum Gasteiger partial charge on any atom is 0.387 e. The summed E-state index contributed by atoms with van der Waals surface area (Å²) in [5.74, 6) is 0.225. The number of fused-ring (bicyclic) bond motifs is 1. The Morgan fingerprint density at radius 2 is 1.78 bits per heavy atom. The highest BCUT2D eigenvalue weighted by Gasteiger charge is 2.24. The Kier molecular flexibility index (Phi) is 4.94. The minimum atomic E-state index is -2.83. The van der Waals surface area contributed by atoms with Crippen molar-refractivity contribution in [3.05, 3.63) is 64.6 Å². The van der Waals surface area contributed by atoms with Crippen molar-refractivity contribution in [2.24, 2.45) is 0 Å². The molecule has 0 radical (unpaired) electrons. The van der Waals surface area contributed by atoms with Gasteiger partial charge in [-0.2, -0.15) is 8.78 Å². The highest BCUT2D eigenvalue weighted by molar-refractivity contribution is 5.75. The Labute approximate surface area is 155 Å². The van der Waals surface area contributed by atoms with Crippen molar-refractivity contribution < 1.29 is 13.5 Å². The van der Waals surface area contributed by atoms with Crippen molar-refractivity contribution in [1.82, 2.24) is 14.5 Å². The molecule has 2 heterocycles.